The van der Waals surface area contributed by atoms with Crippen LogP contribution >= 0.6 is 0 Å². The van der Waals surface area contributed by atoms with Gasteiger partial charge in [0.25, 0.3) is 0 Å². The number of rotatable bonds is 4. The first kappa shape index (κ1) is 18.9. The van der Waals surface area contributed by atoms with E-state index in [0.29, 0.717) is 17.5 Å². The molecule has 0 N–H and O–H groups in total. The van der Waals surface area contributed by atoms with Crippen LogP contribution in [0.2, 0.25) is 0 Å². The predicted octanol–water partition coefficient (Wildman–Crippen LogP) is 4.69. The lowest BCUT2D eigenvalue weighted by Gasteiger charge is -2.28. The van der Waals surface area contributed by atoms with Gasteiger partial charge in [0.05, 0.1) is 12.2 Å². The number of esters is 1. The lowest BCUT2D eigenvalue weighted by atomic mass is 9.98. The van der Waals surface area contributed by atoms with Crippen molar-refractivity contribution in [2.75, 3.05) is 6.61 Å². The Labute approximate surface area is 153 Å². The largest absolute Gasteiger partial charge is 0.475 e. The van der Waals surface area contributed by atoms with Gasteiger partial charge in [-0.2, -0.15) is 13.2 Å². The molecule has 0 spiro atoms. The van der Waals surface area contributed by atoms with E-state index in [-0.39, 0.29) is 18.2 Å². The van der Waals surface area contributed by atoms with Crippen LogP contribution in [0.5, 0.6) is 5.75 Å². The zero-order valence-corrected chi connectivity index (χ0v) is 14.3. The maximum absolute atomic E-state index is 13.4. The van der Waals surface area contributed by atoms with E-state index in [1.807, 2.05) is 0 Å². The third kappa shape index (κ3) is 4.30. The van der Waals surface area contributed by atoms with E-state index in [1.165, 1.54) is 25.1 Å². The van der Waals surface area contributed by atoms with E-state index in [2.05, 4.69) is 0 Å². The fourth-order valence-corrected chi connectivity index (χ4v) is 2.81. The van der Waals surface area contributed by atoms with E-state index >= 15 is 0 Å². The number of carbonyl (C=O) groups excluding carboxylic acids is 1. The number of hydrogen-bond acceptors (Lipinski definition) is 3. The van der Waals surface area contributed by atoms with Crippen LogP contribution in [0, 0.1) is 5.82 Å². The average molecular weight is 380 g/mol. The molecule has 0 radical (unpaired) electrons. The summed E-state index contributed by atoms with van der Waals surface area (Å²) in [6.07, 6.45) is -5.59. The van der Waals surface area contributed by atoms with Crippen LogP contribution in [0.15, 0.2) is 48.0 Å². The minimum atomic E-state index is -4.76. The second kappa shape index (κ2) is 7.42. The van der Waals surface area contributed by atoms with Crippen molar-refractivity contribution in [1.82, 2.24) is 0 Å². The molecular formula is C20H16F4O3. The normalized spacial score (nSPS) is 16.2. The molecule has 142 valence electrons. The topological polar surface area (TPSA) is 35.5 Å². The summed E-state index contributed by atoms with van der Waals surface area (Å²) < 4.78 is 62.9. The van der Waals surface area contributed by atoms with Gasteiger partial charge in [-0.05, 0) is 48.7 Å². The number of halogens is 4. The minimum absolute atomic E-state index is 0.0324. The van der Waals surface area contributed by atoms with Gasteiger partial charge in [0.2, 0.25) is 6.10 Å². The highest BCUT2D eigenvalue weighted by atomic mass is 19.4. The fraction of sp³-hybridized carbons (Fsp3) is 0.250. The van der Waals surface area contributed by atoms with Crippen LogP contribution in [-0.4, -0.2) is 24.9 Å². The highest BCUT2D eigenvalue weighted by Gasteiger charge is 2.48. The van der Waals surface area contributed by atoms with Crippen molar-refractivity contribution in [1.29, 1.82) is 0 Å². The molecule has 2 aromatic carbocycles. The Morgan fingerprint density at radius 2 is 1.78 bits per heavy atom. The van der Waals surface area contributed by atoms with Crippen molar-refractivity contribution in [3.8, 4) is 5.75 Å². The monoisotopic (exact) mass is 380 g/mol. The van der Waals surface area contributed by atoms with E-state index in [0.717, 1.165) is 11.6 Å². The molecule has 3 nitrogen and oxygen atoms in total. The molecule has 2 aromatic rings. The van der Waals surface area contributed by atoms with E-state index < -0.39 is 23.8 Å². The number of fused-ring (bicyclic) bond motifs is 1. The zero-order chi connectivity index (χ0) is 19.6. The third-order valence-electron chi connectivity index (χ3n) is 4.05. The molecule has 0 aromatic heterocycles. The smallest absolute Gasteiger partial charge is 0.430 e. The summed E-state index contributed by atoms with van der Waals surface area (Å²) in [6.45, 7) is 1.48. The van der Waals surface area contributed by atoms with Gasteiger partial charge in [0, 0.05) is 5.56 Å². The molecule has 27 heavy (non-hydrogen) atoms. The van der Waals surface area contributed by atoms with E-state index in [9.17, 15) is 22.4 Å². The van der Waals surface area contributed by atoms with Crippen LogP contribution in [0.25, 0.3) is 6.08 Å². The summed E-state index contributed by atoms with van der Waals surface area (Å²) in [5.41, 5.74) is 1.29. The molecule has 0 fully saturated rings. The molecule has 0 amide bonds. The van der Waals surface area contributed by atoms with Gasteiger partial charge in [-0.1, -0.05) is 24.3 Å². The minimum Gasteiger partial charge on any atom is -0.475 e. The SMILES string of the molecule is CCOC(=O)C1=Cc2ccc(Cc3ccc(F)cc3)cc2OC1C(F)(F)F. The van der Waals surface area contributed by atoms with Crippen LogP contribution in [-0.2, 0) is 16.0 Å². The standard InChI is InChI=1S/C20H16F4O3/c1-2-26-19(25)16-11-14-6-3-13(9-12-4-7-15(21)8-5-12)10-17(14)27-18(16)20(22,23)24/h3-8,10-11,18H,2,9H2,1H3. The predicted molar refractivity (Wildman–Crippen MR) is 90.7 cm³/mol. The third-order valence-corrected chi connectivity index (χ3v) is 4.05. The molecular weight excluding hydrogens is 364 g/mol. The lowest BCUT2D eigenvalue weighted by Crippen LogP contribution is -2.40. The molecule has 1 atom stereocenters. The van der Waals surface area contributed by atoms with Gasteiger partial charge in [-0.25, -0.2) is 9.18 Å². The lowest BCUT2D eigenvalue weighted by molar-refractivity contribution is -0.187. The number of ether oxygens (including phenoxy) is 2. The molecule has 1 unspecified atom stereocenters. The molecule has 0 saturated carbocycles. The van der Waals surface area contributed by atoms with Crippen molar-refractivity contribution in [3.63, 3.8) is 0 Å². The Balaban J connectivity index is 1.92. The number of hydrogen-bond donors (Lipinski definition) is 0. The Morgan fingerprint density at radius 3 is 2.41 bits per heavy atom. The van der Waals surface area contributed by atoms with Crippen molar-refractivity contribution < 1.29 is 31.8 Å². The van der Waals surface area contributed by atoms with Crippen LogP contribution < -0.4 is 4.74 Å². The maximum atomic E-state index is 13.4. The van der Waals surface area contributed by atoms with Gasteiger partial charge in [0.1, 0.15) is 11.6 Å². The number of alkyl halides is 3. The Bertz CT molecular complexity index is 870. The summed E-state index contributed by atoms with van der Waals surface area (Å²) in [6, 6.07) is 10.6. The van der Waals surface area contributed by atoms with E-state index in [1.54, 1.807) is 24.3 Å². The first-order valence-electron chi connectivity index (χ1n) is 8.27. The van der Waals surface area contributed by atoms with Crippen LogP contribution in [0.3, 0.4) is 0 Å². The van der Waals surface area contributed by atoms with Crippen LogP contribution in [0.4, 0.5) is 17.6 Å². The van der Waals surface area contributed by atoms with Gasteiger partial charge in [-0.15, -0.1) is 0 Å². The quantitative estimate of drug-likeness (QED) is 0.570. The molecule has 1 aliphatic heterocycles. The van der Waals surface area contributed by atoms with Crippen molar-refractivity contribution in [3.05, 3.63) is 70.5 Å². The fourth-order valence-electron chi connectivity index (χ4n) is 2.81. The molecule has 7 heteroatoms. The van der Waals surface area contributed by atoms with Crippen molar-refractivity contribution >= 4 is 12.0 Å². The molecule has 0 bridgehead atoms. The average Bonchev–Trinajstić information content (AvgIpc) is 2.62. The molecule has 1 aliphatic rings. The number of benzene rings is 2. The maximum Gasteiger partial charge on any atom is 0.430 e. The molecule has 1 heterocycles. The Kier molecular flexibility index (Phi) is 5.21. The zero-order valence-electron chi connectivity index (χ0n) is 14.3. The van der Waals surface area contributed by atoms with Crippen molar-refractivity contribution in [2.24, 2.45) is 0 Å². The van der Waals surface area contributed by atoms with Gasteiger partial charge < -0.3 is 9.47 Å². The highest BCUT2D eigenvalue weighted by molar-refractivity contribution is 5.96. The summed E-state index contributed by atoms with van der Waals surface area (Å²) in [5, 5.41) is 0. The van der Waals surface area contributed by atoms with Gasteiger partial charge in [-0.3, -0.25) is 0 Å². The molecule has 0 aliphatic carbocycles. The highest BCUT2D eigenvalue weighted by Crippen LogP contribution is 2.38. The summed E-state index contributed by atoms with van der Waals surface area (Å²) in [7, 11) is 0. The summed E-state index contributed by atoms with van der Waals surface area (Å²) >= 11 is 0. The number of carbonyl (C=O) groups is 1. The Hall–Kier alpha value is -2.83. The van der Waals surface area contributed by atoms with Crippen LogP contribution in [0.1, 0.15) is 23.6 Å². The second-order valence-electron chi connectivity index (χ2n) is 6.04. The van der Waals surface area contributed by atoms with Gasteiger partial charge in [0.15, 0.2) is 0 Å². The Morgan fingerprint density at radius 1 is 1.11 bits per heavy atom. The molecule has 3 rings (SSSR count). The summed E-state index contributed by atoms with van der Waals surface area (Å²) in [5.74, 6) is -1.39. The van der Waals surface area contributed by atoms with Gasteiger partial charge >= 0.3 is 12.1 Å². The first-order valence-corrected chi connectivity index (χ1v) is 8.27. The van der Waals surface area contributed by atoms with E-state index in [4.69, 9.17) is 9.47 Å². The second-order valence-corrected chi connectivity index (χ2v) is 6.04. The van der Waals surface area contributed by atoms with Crippen molar-refractivity contribution in [2.45, 2.75) is 25.6 Å². The first-order chi connectivity index (χ1) is 12.8. The summed E-state index contributed by atoms with van der Waals surface area (Å²) in [4.78, 5) is 11.9. The molecule has 0 saturated heterocycles.